The molecule has 0 saturated carbocycles. The summed E-state index contributed by atoms with van der Waals surface area (Å²) in [6.07, 6.45) is 0. The third-order valence-corrected chi connectivity index (χ3v) is 2.84. The molecule has 0 aromatic heterocycles. The fourth-order valence-electron chi connectivity index (χ4n) is 1.62. The Morgan fingerprint density at radius 3 is 2.68 bits per heavy atom. The van der Waals surface area contributed by atoms with Crippen molar-refractivity contribution in [2.75, 3.05) is 34.4 Å². The molecule has 0 aliphatic heterocycles. The number of methoxy groups -OCH3 is 2. The molecule has 1 aromatic rings. The lowest BCUT2D eigenvalue weighted by Crippen LogP contribution is -2.34. The van der Waals surface area contributed by atoms with Crippen LogP contribution in [0.4, 0.5) is 4.39 Å². The first kappa shape index (κ1) is 15.7. The third kappa shape index (κ3) is 4.36. The van der Waals surface area contributed by atoms with Gasteiger partial charge in [0.15, 0.2) is 0 Å². The van der Waals surface area contributed by atoms with Gasteiger partial charge in [0, 0.05) is 26.8 Å². The minimum absolute atomic E-state index is 0.00964. The number of benzene rings is 1. The number of halogens is 2. The molecule has 0 heterocycles. The maximum atomic E-state index is 13.7. The van der Waals surface area contributed by atoms with Crippen molar-refractivity contribution in [1.82, 2.24) is 4.90 Å². The van der Waals surface area contributed by atoms with Gasteiger partial charge < -0.3 is 14.4 Å². The summed E-state index contributed by atoms with van der Waals surface area (Å²) >= 11 is 5.96. The second kappa shape index (κ2) is 7.31. The Labute approximate surface area is 117 Å². The van der Waals surface area contributed by atoms with E-state index in [9.17, 15) is 9.18 Å². The summed E-state index contributed by atoms with van der Waals surface area (Å²) in [4.78, 5) is 13.4. The van der Waals surface area contributed by atoms with Crippen LogP contribution in [-0.4, -0.2) is 50.6 Å². The van der Waals surface area contributed by atoms with Crippen LogP contribution in [0.5, 0.6) is 5.75 Å². The number of hydrogen-bond donors (Lipinski definition) is 0. The third-order valence-electron chi connectivity index (χ3n) is 2.57. The van der Waals surface area contributed by atoms with Crippen LogP contribution in [0, 0.1) is 5.82 Å². The predicted octanol–water partition coefficient (Wildman–Crippen LogP) is 2.16. The van der Waals surface area contributed by atoms with Crippen molar-refractivity contribution in [1.29, 1.82) is 0 Å². The fraction of sp³-hybridized carbons (Fsp3) is 0.462. The van der Waals surface area contributed by atoms with E-state index in [1.807, 2.05) is 0 Å². The number of amides is 1. The number of hydrogen-bond acceptors (Lipinski definition) is 3. The van der Waals surface area contributed by atoms with Gasteiger partial charge in [0.05, 0.1) is 24.7 Å². The smallest absolute Gasteiger partial charge is 0.256 e. The van der Waals surface area contributed by atoms with Crippen molar-refractivity contribution >= 4 is 17.5 Å². The zero-order valence-corrected chi connectivity index (χ0v) is 11.9. The Hall–Kier alpha value is -1.33. The number of carbonyl (C=O) groups excluding carboxylic acids is 1. The molecule has 0 fully saturated rings. The lowest BCUT2D eigenvalue weighted by Gasteiger charge is -2.20. The van der Waals surface area contributed by atoms with E-state index in [2.05, 4.69) is 0 Å². The molecule has 4 nitrogen and oxygen atoms in total. The number of alkyl halides is 1. The summed E-state index contributed by atoms with van der Waals surface area (Å²) in [6, 6.07) is 4.11. The number of ether oxygens (including phenoxy) is 2. The maximum absolute atomic E-state index is 13.7. The van der Waals surface area contributed by atoms with Crippen LogP contribution in [0.3, 0.4) is 0 Å². The Morgan fingerprint density at radius 2 is 2.16 bits per heavy atom. The van der Waals surface area contributed by atoms with Crippen LogP contribution in [0.1, 0.15) is 10.4 Å². The average Bonchev–Trinajstić information content (AvgIpc) is 2.37. The van der Waals surface area contributed by atoms with Gasteiger partial charge in [-0.15, -0.1) is 11.6 Å². The van der Waals surface area contributed by atoms with E-state index < -0.39 is 11.7 Å². The topological polar surface area (TPSA) is 38.8 Å². The molecule has 0 radical (unpaired) electrons. The molecule has 0 bridgehead atoms. The summed E-state index contributed by atoms with van der Waals surface area (Å²) in [5, 5.41) is -0.333. The molecule has 1 unspecified atom stereocenters. The zero-order valence-electron chi connectivity index (χ0n) is 11.2. The highest BCUT2D eigenvalue weighted by atomic mass is 35.5. The summed E-state index contributed by atoms with van der Waals surface area (Å²) < 4.78 is 23.5. The van der Waals surface area contributed by atoms with Gasteiger partial charge in [-0.2, -0.15) is 0 Å². The monoisotopic (exact) mass is 289 g/mol. The SMILES string of the molecule is COCC(Cl)CN(C)C(=O)c1ccc(OC)cc1F. The van der Waals surface area contributed by atoms with Gasteiger partial charge in [-0.25, -0.2) is 4.39 Å². The molecule has 0 spiro atoms. The van der Waals surface area contributed by atoms with Gasteiger partial charge in [0.1, 0.15) is 11.6 Å². The lowest BCUT2D eigenvalue weighted by atomic mass is 10.1. The minimum atomic E-state index is -0.617. The van der Waals surface area contributed by atoms with Crippen molar-refractivity contribution in [2.24, 2.45) is 0 Å². The van der Waals surface area contributed by atoms with E-state index in [0.29, 0.717) is 12.4 Å². The van der Waals surface area contributed by atoms with E-state index >= 15 is 0 Å². The summed E-state index contributed by atoms with van der Waals surface area (Å²) in [5.74, 6) is -0.678. The molecule has 0 saturated heterocycles. The van der Waals surface area contributed by atoms with Crippen LogP contribution in [0.15, 0.2) is 18.2 Å². The van der Waals surface area contributed by atoms with Crippen LogP contribution in [0.2, 0.25) is 0 Å². The van der Waals surface area contributed by atoms with E-state index in [-0.39, 0.29) is 17.5 Å². The fourth-order valence-corrected chi connectivity index (χ4v) is 1.95. The molecule has 0 N–H and O–H groups in total. The first-order valence-electron chi connectivity index (χ1n) is 5.71. The highest BCUT2D eigenvalue weighted by molar-refractivity contribution is 6.21. The second-order valence-electron chi connectivity index (χ2n) is 4.08. The van der Waals surface area contributed by atoms with Gasteiger partial charge in [0.25, 0.3) is 5.91 Å². The highest BCUT2D eigenvalue weighted by Crippen LogP contribution is 2.17. The van der Waals surface area contributed by atoms with Crippen LogP contribution >= 0.6 is 11.6 Å². The normalized spacial score (nSPS) is 12.1. The molecular weight excluding hydrogens is 273 g/mol. The molecule has 1 atom stereocenters. The highest BCUT2D eigenvalue weighted by Gasteiger charge is 2.19. The van der Waals surface area contributed by atoms with Gasteiger partial charge in [-0.3, -0.25) is 4.79 Å². The molecule has 19 heavy (non-hydrogen) atoms. The Morgan fingerprint density at radius 1 is 1.47 bits per heavy atom. The molecule has 1 rings (SSSR count). The van der Waals surface area contributed by atoms with Crippen LogP contribution in [0.25, 0.3) is 0 Å². The van der Waals surface area contributed by atoms with E-state index in [1.54, 1.807) is 7.05 Å². The van der Waals surface area contributed by atoms with E-state index in [1.165, 1.54) is 37.3 Å². The van der Waals surface area contributed by atoms with Gasteiger partial charge >= 0.3 is 0 Å². The molecule has 106 valence electrons. The standard InChI is InChI=1S/C13H17ClFNO3/c1-16(7-9(14)8-18-2)13(17)11-5-4-10(19-3)6-12(11)15/h4-6,9H,7-8H2,1-3H3. The Kier molecular flexibility index (Phi) is 6.05. The molecule has 0 aliphatic carbocycles. The van der Waals surface area contributed by atoms with Crippen molar-refractivity contribution in [3.8, 4) is 5.75 Å². The molecule has 1 aromatic carbocycles. The first-order chi connectivity index (χ1) is 8.99. The number of carbonyl (C=O) groups is 1. The molecule has 6 heteroatoms. The zero-order chi connectivity index (χ0) is 14.4. The van der Waals surface area contributed by atoms with Gasteiger partial charge in [0.2, 0.25) is 0 Å². The Balaban J connectivity index is 2.76. The summed E-state index contributed by atoms with van der Waals surface area (Å²) in [5.41, 5.74) is -0.00964. The predicted molar refractivity (Wildman–Crippen MR) is 71.4 cm³/mol. The molecule has 0 aliphatic rings. The summed E-state index contributed by atoms with van der Waals surface area (Å²) in [7, 11) is 4.53. The van der Waals surface area contributed by atoms with Gasteiger partial charge in [-0.05, 0) is 12.1 Å². The van der Waals surface area contributed by atoms with Gasteiger partial charge in [-0.1, -0.05) is 0 Å². The van der Waals surface area contributed by atoms with E-state index in [0.717, 1.165) is 0 Å². The lowest BCUT2D eigenvalue weighted by molar-refractivity contribution is 0.0777. The van der Waals surface area contributed by atoms with Crippen molar-refractivity contribution in [2.45, 2.75) is 5.38 Å². The maximum Gasteiger partial charge on any atom is 0.256 e. The van der Waals surface area contributed by atoms with Crippen molar-refractivity contribution in [3.05, 3.63) is 29.6 Å². The van der Waals surface area contributed by atoms with Crippen molar-refractivity contribution in [3.63, 3.8) is 0 Å². The quantitative estimate of drug-likeness (QED) is 0.753. The van der Waals surface area contributed by atoms with Crippen LogP contribution in [-0.2, 0) is 4.74 Å². The summed E-state index contributed by atoms with van der Waals surface area (Å²) in [6.45, 7) is 0.601. The number of nitrogens with zero attached hydrogens (tertiary/aromatic N) is 1. The second-order valence-corrected chi connectivity index (χ2v) is 4.70. The number of rotatable bonds is 6. The molecule has 1 amide bonds. The van der Waals surface area contributed by atoms with Crippen molar-refractivity contribution < 1.29 is 18.7 Å². The Bertz CT molecular complexity index is 442. The molecular formula is C13H17ClFNO3. The minimum Gasteiger partial charge on any atom is -0.497 e. The van der Waals surface area contributed by atoms with Crippen LogP contribution < -0.4 is 4.74 Å². The average molecular weight is 290 g/mol. The largest absolute Gasteiger partial charge is 0.497 e. The van der Waals surface area contributed by atoms with E-state index in [4.69, 9.17) is 21.1 Å². The first-order valence-corrected chi connectivity index (χ1v) is 6.15.